The molecule has 0 heterocycles. The Kier molecular flexibility index (Phi) is 4.99. The summed E-state index contributed by atoms with van der Waals surface area (Å²) in [6.45, 7) is 0.853. The first-order valence-corrected chi connectivity index (χ1v) is 8.01. The standard InChI is InChI=1S/C20H22N2O2/c21-18-6-8-19(9-7-18)23-14-15-24-20(22)12-10-17(11-13-20)16-4-2-1-3-5-16/h1-12H,13-15,21-22H2. The molecule has 0 amide bonds. The molecule has 1 aliphatic carbocycles. The van der Waals surface area contributed by atoms with Crippen LogP contribution in [0.2, 0.25) is 0 Å². The van der Waals surface area contributed by atoms with Gasteiger partial charge in [-0.25, -0.2) is 0 Å². The smallest absolute Gasteiger partial charge is 0.139 e. The Morgan fingerprint density at radius 3 is 2.38 bits per heavy atom. The number of benzene rings is 2. The number of ether oxygens (including phenoxy) is 2. The van der Waals surface area contributed by atoms with E-state index in [1.54, 1.807) is 12.1 Å². The quantitative estimate of drug-likeness (QED) is 0.486. The predicted octanol–water partition coefficient (Wildman–Crippen LogP) is 3.36. The molecular formula is C20H22N2O2. The summed E-state index contributed by atoms with van der Waals surface area (Å²) >= 11 is 0. The second-order valence-corrected chi connectivity index (χ2v) is 5.78. The largest absolute Gasteiger partial charge is 0.491 e. The average Bonchev–Trinajstić information content (AvgIpc) is 2.62. The fraction of sp³-hybridized carbons (Fsp3) is 0.200. The third-order valence-corrected chi connectivity index (χ3v) is 3.90. The minimum atomic E-state index is -0.775. The van der Waals surface area contributed by atoms with Crippen LogP contribution < -0.4 is 16.2 Å². The minimum Gasteiger partial charge on any atom is -0.491 e. The van der Waals surface area contributed by atoms with Crippen LogP contribution in [-0.2, 0) is 4.74 Å². The van der Waals surface area contributed by atoms with E-state index in [2.05, 4.69) is 18.2 Å². The maximum atomic E-state index is 6.27. The minimum absolute atomic E-state index is 0.416. The molecule has 2 aromatic rings. The second-order valence-electron chi connectivity index (χ2n) is 5.78. The molecule has 1 aliphatic rings. The van der Waals surface area contributed by atoms with E-state index >= 15 is 0 Å². The normalized spacial score (nSPS) is 19.8. The molecule has 0 aromatic heterocycles. The van der Waals surface area contributed by atoms with Crippen molar-refractivity contribution in [1.82, 2.24) is 0 Å². The van der Waals surface area contributed by atoms with Gasteiger partial charge in [0, 0.05) is 12.1 Å². The van der Waals surface area contributed by atoms with Gasteiger partial charge in [0.1, 0.15) is 18.1 Å². The number of nitrogen functional groups attached to an aromatic ring is 1. The van der Waals surface area contributed by atoms with Gasteiger partial charge in [-0.05, 0) is 41.5 Å². The summed E-state index contributed by atoms with van der Waals surface area (Å²) in [4.78, 5) is 0. The van der Waals surface area contributed by atoms with Crippen molar-refractivity contribution in [2.75, 3.05) is 18.9 Å². The molecule has 0 saturated carbocycles. The van der Waals surface area contributed by atoms with E-state index in [9.17, 15) is 0 Å². The fourth-order valence-electron chi connectivity index (χ4n) is 2.54. The summed E-state index contributed by atoms with van der Waals surface area (Å²) in [5.74, 6) is 0.768. The molecule has 0 fully saturated rings. The lowest BCUT2D eigenvalue weighted by molar-refractivity contribution is -0.0156. The van der Waals surface area contributed by atoms with Crippen LogP contribution >= 0.6 is 0 Å². The molecule has 4 nitrogen and oxygen atoms in total. The predicted molar refractivity (Wildman–Crippen MR) is 97.4 cm³/mol. The monoisotopic (exact) mass is 322 g/mol. The summed E-state index contributed by atoms with van der Waals surface area (Å²) in [6, 6.07) is 17.5. The molecule has 0 bridgehead atoms. The number of hydrogen-bond acceptors (Lipinski definition) is 4. The Labute approximate surface area is 142 Å². The van der Waals surface area contributed by atoms with E-state index in [0.717, 1.165) is 5.75 Å². The zero-order valence-electron chi connectivity index (χ0n) is 13.5. The number of anilines is 1. The van der Waals surface area contributed by atoms with Gasteiger partial charge in [-0.3, -0.25) is 5.73 Å². The molecule has 124 valence electrons. The molecule has 3 rings (SSSR count). The van der Waals surface area contributed by atoms with Gasteiger partial charge in [0.05, 0.1) is 6.61 Å². The molecule has 4 heteroatoms. The van der Waals surface area contributed by atoms with Crippen LogP contribution in [0.4, 0.5) is 5.69 Å². The van der Waals surface area contributed by atoms with E-state index in [4.69, 9.17) is 20.9 Å². The van der Waals surface area contributed by atoms with Crippen LogP contribution in [0.1, 0.15) is 12.0 Å². The summed E-state index contributed by atoms with van der Waals surface area (Å²) < 4.78 is 11.4. The van der Waals surface area contributed by atoms with Gasteiger partial charge in [-0.2, -0.15) is 0 Å². The van der Waals surface area contributed by atoms with E-state index in [1.807, 2.05) is 42.5 Å². The van der Waals surface area contributed by atoms with Crippen molar-refractivity contribution in [3.8, 4) is 5.75 Å². The highest BCUT2D eigenvalue weighted by Gasteiger charge is 2.24. The molecular weight excluding hydrogens is 300 g/mol. The Balaban J connectivity index is 1.47. The van der Waals surface area contributed by atoms with Gasteiger partial charge in [-0.1, -0.05) is 42.5 Å². The molecule has 0 radical (unpaired) electrons. The molecule has 1 atom stereocenters. The molecule has 4 N–H and O–H groups in total. The first kappa shape index (κ1) is 16.3. The van der Waals surface area contributed by atoms with Crippen LogP contribution in [0.25, 0.3) is 5.57 Å². The summed E-state index contributed by atoms with van der Waals surface area (Å²) in [7, 11) is 0. The highest BCUT2D eigenvalue weighted by Crippen LogP contribution is 2.26. The summed E-state index contributed by atoms with van der Waals surface area (Å²) in [5, 5.41) is 0. The van der Waals surface area contributed by atoms with E-state index in [-0.39, 0.29) is 0 Å². The third kappa shape index (κ3) is 4.25. The first-order chi connectivity index (χ1) is 11.6. The fourth-order valence-corrected chi connectivity index (χ4v) is 2.54. The van der Waals surface area contributed by atoms with Crippen LogP contribution in [0, 0.1) is 0 Å². The van der Waals surface area contributed by atoms with Crippen molar-refractivity contribution >= 4 is 11.3 Å². The first-order valence-electron chi connectivity index (χ1n) is 8.01. The van der Waals surface area contributed by atoms with Crippen molar-refractivity contribution in [1.29, 1.82) is 0 Å². The lowest BCUT2D eigenvalue weighted by atomic mass is 9.95. The summed E-state index contributed by atoms with van der Waals surface area (Å²) in [6.07, 6.45) is 6.67. The van der Waals surface area contributed by atoms with Crippen LogP contribution in [-0.4, -0.2) is 18.9 Å². The molecule has 0 aliphatic heterocycles. The molecule has 0 saturated heterocycles. The molecule has 1 unspecified atom stereocenters. The van der Waals surface area contributed by atoms with Crippen molar-refractivity contribution in [2.45, 2.75) is 12.1 Å². The van der Waals surface area contributed by atoms with Crippen LogP contribution in [0.15, 0.2) is 72.8 Å². The van der Waals surface area contributed by atoms with Crippen LogP contribution in [0.3, 0.4) is 0 Å². The van der Waals surface area contributed by atoms with Gasteiger partial charge < -0.3 is 15.2 Å². The molecule has 0 spiro atoms. The topological polar surface area (TPSA) is 70.5 Å². The lowest BCUT2D eigenvalue weighted by Gasteiger charge is -2.28. The Morgan fingerprint density at radius 2 is 1.71 bits per heavy atom. The lowest BCUT2D eigenvalue weighted by Crippen LogP contribution is -2.42. The van der Waals surface area contributed by atoms with Crippen LogP contribution in [0.5, 0.6) is 5.75 Å². The number of hydrogen-bond donors (Lipinski definition) is 2. The number of nitrogens with two attached hydrogens (primary N) is 2. The number of rotatable bonds is 6. The number of allylic oxidation sites excluding steroid dienone is 2. The Hall–Kier alpha value is -2.56. The molecule has 2 aromatic carbocycles. The van der Waals surface area contributed by atoms with Crippen molar-refractivity contribution in [3.05, 3.63) is 78.4 Å². The van der Waals surface area contributed by atoms with Gasteiger partial charge in [0.2, 0.25) is 0 Å². The highest BCUT2D eigenvalue weighted by atomic mass is 16.5. The van der Waals surface area contributed by atoms with Crippen molar-refractivity contribution < 1.29 is 9.47 Å². The second kappa shape index (κ2) is 7.34. The molecule has 24 heavy (non-hydrogen) atoms. The van der Waals surface area contributed by atoms with Crippen molar-refractivity contribution in [3.63, 3.8) is 0 Å². The summed E-state index contributed by atoms with van der Waals surface area (Å²) in [5.41, 5.74) is 14.2. The van der Waals surface area contributed by atoms with Gasteiger partial charge in [0.15, 0.2) is 0 Å². The maximum Gasteiger partial charge on any atom is 0.139 e. The Morgan fingerprint density at radius 1 is 0.958 bits per heavy atom. The maximum absolute atomic E-state index is 6.27. The van der Waals surface area contributed by atoms with Gasteiger partial charge >= 0.3 is 0 Å². The average molecular weight is 322 g/mol. The van der Waals surface area contributed by atoms with E-state index in [0.29, 0.717) is 25.3 Å². The van der Waals surface area contributed by atoms with Crippen molar-refractivity contribution in [2.24, 2.45) is 5.73 Å². The SMILES string of the molecule is Nc1ccc(OCCOC2(N)C=CC(c3ccccc3)=CC2)cc1. The Bertz CT molecular complexity index is 723. The zero-order valence-corrected chi connectivity index (χ0v) is 13.5. The zero-order chi connectivity index (χ0) is 16.8. The van der Waals surface area contributed by atoms with Gasteiger partial charge in [0.25, 0.3) is 0 Å². The third-order valence-electron chi connectivity index (χ3n) is 3.90. The van der Waals surface area contributed by atoms with E-state index in [1.165, 1.54) is 11.1 Å². The van der Waals surface area contributed by atoms with Gasteiger partial charge in [-0.15, -0.1) is 0 Å². The highest BCUT2D eigenvalue weighted by molar-refractivity contribution is 5.75. The van der Waals surface area contributed by atoms with E-state index < -0.39 is 5.72 Å².